The van der Waals surface area contributed by atoms with E-state index in [0.29, 0.717) is 56.9 Å². The minimum atomic E-state index is -0.467. The lowest BCUT2D eigenvalue weighted by atomic mass is 10.1. The highest BCUT2D eigenvalue weighted by atomic mass is 35.5. The zero-order valence-corrected chi connectivity index (χ0v) is 56.2. The first-order chi connectivity index (χ1) is 44.1. The van der Waals surface area contributed by atoms with Crippen LogP contribution in [0.2, 0.25) is 10.0 Å². The average molecular weight is 1320 g/mol. The van der Waals surface area contributed by atoms with Crippen LogP contribution in [0.1, 0.15) is 85.7 Å². The van der Waals surface area contributed by atoms with Gasteiger partial charge < -0.3 is 44.7 Å². The van der Waals surface area contributed by atoms with Crippen molar-refractivity contribution in [2.45, 2.75) is 102 Å². The van der Waals surface area contributed by atoms with Gasteiger partial charge in [0.15, 0.2) is 0 Å². The molecule has 10 aromatic rings. The van der Waals surface area contributed by atoms with Crippen LogP contribution in [0.15, 0.2) is 186 Å². The molecule has 498 valence electrons. The van der Waals surface area contributed by atoms with Crippen molar-refractivity contribution in [3.8, 4) is 0 Å². The number of hydrogen-bond acceptors (Lipinski definition) is 14. The van der Waals surface area contributed by atoms with Gasteiger partial charge in [0.05, 0.1) is 23.1 Å². The minimum Gasteiger partial charge on any atom is -0.398 e. The van der Waals surface area contributed by atoms with Gasteiger partial charge >= 0.3 is 5.69 Å². The van der Waals surface area contributed by atoms with E-state index in [-0.39, 0.29) is 35.4 Å². The summed E-state index contributed by atoms with van der Waals surface area (Å²) in [6.45, 7) is 24.2. The van der Waals surface area contributed by atoms with Crippen molar-refractivity contribution in [2.24, 2.45) is 17.2 Å². The highest BCUT2D eigenvalue weighted by molar-refractivity contribution is 6.33. The van der Waals surface area contributed by atoms with Crippen LogP contribution in [-0.2, 0) is 19.6 Å². The van der Waals surface area contributed by atoms with Gasteiger partial charge in [0.25, 0.3) is 5.56 Å². The van der Waals surface area contributed by atoms with Gasteiger partial charge in [0, 0.05) is 85.2 Å². The summed E-state index contributed by atoms with van der Waals surface area (Å²) >= 11 is 11.3. The Morgan fingerprint density at radius 2 is 1.20 bits per heavy atom. The Labute approximate surface area is 553 Å². The fraction of sp³-hybridized carbons (Fsp3) is 0.243. The number of halogens is 6. The van der Waals surface area contributed by atoms with E-state index in [1.807, 2.05) is 84.1 Å². The van der Waals surface area contributed by atoms with Crippen LogP contribution in [0.25, 0.3) is 0 Å². The number of benzene rings is 5. The molecule has 17 nitrogen and oxygen atoms in total. The van der Waals surface area contributed by atoms with Crippen molar-refractivity contribution >= 4 is 40.4 Å². The largest absolute Gasteiger partial charge is 0.398 e. The molecule has 6 heterocycles. The van der Waals surface area contributed by atoms with Crippen LogP contribution in [-0.4, -0.2) is 53.2 Å². The smallest absolute Gasteiger partial charge is 0.325 e. The summed E-state index contributed by atoms with van der Waals surface area (Å²) < 4.78 is 50.1. The molecular weight excluding hydrogens is 1230 g/mol. The highest BCUT2D eigenvalue weighted by Gasteiger charge is 2.02. The topological polar surface area (TPSA) is 314 Å². The molecule has 0 aliphatic carbocycles. The van der Waals surface area contributed by atoms with Crippen LogP contribution in [0.5, 0.6) is 0 Å². The first-order valence-corrected chi connectivity index (χ1v) is 29.8. The summed E-state index contributed by atoms with van der Waals surface area (Å²) in [6.07, 6.45) is 18.0. The van der Waals surface area contributed by atoms with E-state index in [1.54, 1.807) is 107 Å². The molecule has 0 saturated carbocycles. The number of anilines is 3. The maximum absolute atomic E-state index is 12.9. The average Bonchev–Trinajstić information content (AvgIpc) is 3.67. The molecule has 0 unspecified atom stereocenters. The molecule has 93 heavy (non-hydrogen) atoms. The summed E-state index contributed by atoms with van der Waals surface area (Å²) in [5.41, 5.74) is 46.2. The van der Waals surface area contributed by atoms with E-state index in [0.717, 1.165) is 56.7 Å². The molecule has 0 atom stereocenters. The standard InChI is InChI=1S/3C8H10FN.2C7H8ClN.C6H6FN.C6H8N2.C6H11N.C5H6N2O2.C5H6N2.C4H6N2/c1-6-4-7(5-10)2-3-8(6)9;1-6-2-3-8(9)4-7(6)5-10;1-6-3-2-4-7(5-10)8(6)9;1-5-2-3-6(8)4-7(5)9;1-5-2-3-6(8)7(9)4-5;1-5-2-6(7)4-8-3-5;1-5-3-2-4-8-6(5)7;1-6-2-4-7-5-3-6;1-3-2-6-5(9)7-4(3)8;1-5-2-6-4-7-3-5;1-4-2-5-6-3-4/h3*2-4H,5,10H2,1H3;2*2-4H,9H2,1H3;2-4H,1H3;2-4H,1H3,(H2,7,8);2,7H,3-5H2,1H3;2H,1H3,(H2,6,7,8,9);2-4H,1H3;2-3H,1H3,(H,5,6). The fourth-order valence-corrected chi connectivity index (χ4v) is 7.05. The molecule has 0 saturated heterocycles. The normalized spacial score (nSPS) is 10.4. The van der Waals surface area contributed by atoms with Crippen molar-refractivity contribution in [3.63, 3.8) is 0 Å². The van der Waals surface area contributed by atoms with Gasteiger partial charge in [0.2, 0.25) is 0 Å². The lowest BCUT2D eigenvalue weighted by Crippen LogP contribution is -2.22. The number of rotatable bonds is 3. The molecule has 1 aliphatic rings. The molecule has 0 fully saturated rings. The summed E-state index contributed by atoms with van der Waals surface area (Å²) in [4.78, 5) is 40.3. The molecule has 1 aliphatic heterocycles. The number of nitrogens with one attached hydrogen (secondary N) is 4. The minimum absolute atomic E-state index is 0.169. The maximum atomic E-state index is 12.9. The maximum Gasteiger partial charge on any atom is 0.325 e. The van der Waals surface area contributed by atoms with E-state index < -0.39 is 5.69 Å². The Morgan fingerprint density at radius 3 is 1.61 bits per heavy atom. The lowest BCUT2D eigenvalue weighted by Gasteiger charge is -2.08. The van der Waals surface area contributed by atoms with Crippen molar-refractivity contribution in [3.05, 3.63) is 303 Å². The third kappa shape index (κ3) is 37.6. The van der Waals surface area contributed by atoms with E-state index >= 15 is 0 Å². The van der Waals surface area contributed by atoms with Crippen LogP contribution >= 0.6 is 23.2 Å². The number of H-pyrrole nitrogens is 3. The monoisotopic (exact) mass is 1320 g/mol. The fourth-order valence-electron chi connectivity index (χ4n) is 6.75. The van der Waals surface area contributed by atoms with E-state index in [1.165, 1.54) is 67.1 Å². The SMILES string of the molecule is CC1=CCNCC1.Cc1c[nH]c(=O)[nH]c1=O.Cc1cc(CN)ccc1F.Cc1ccc(Cl)c(N)c1.Cc1ccc(Cl)cc1N.Cc1ccc(F)cc1CN.Cc1cccc(CN)c1F.Cc1cccnc1N.Cc1cn[nH]c1.Cc1cncc(F)c1.Cc1cncnc1. The van der Waals surface area contributed by atoms with Crippen molar-refractivity contribution in [1.29, 1.82) is 0 Å². The number of nitrogens with zero attached hydrogens (tertiary/aromatic N) is 5. The first-order valence-electron chi connectivity index (χ1n) is 29.0. The van der Waals surface area contributed by atoms with Gasteiger partial charge in [-0.25, -0.2) is 37.3 Å². The van der Waals surface area contributed by atoms with Gasteiger partial charge in [-0.15, -0.1) is 0 Å². The molecule has 0 radical (unpaired) electrons. The Hall–Kier alpha value is -9.35. The van der Waals surface area contributed by atoms with Crippen molar-refractivity contribution < 1.29 is 17.6 Å². The quantitative estimate of drug-likeness (QED) is 0.0447. The van der Waals surface area contributed by atoms with Gasteiger partial charge in [-0.3, -0.25) is 19.9 Å². The number of pyridine rings is 2. The Kier molecular flexibility index (Phi) is 41.0. The zero-order chi connectivity index (χ0) is 69.8. The van der Waals surface area contributed by atoms with E-state index in [2.05, 4.69) is 58.4 Å². The number of nitrogens with two attached hydrogens (primary N) is 6. The number of nitrogen functional groups attached to an aromatic ring is 3. The third-order valence-electron chi connectivity index (χ3n) is 12.4. The molecule has 23 heteroatoms. The number of aryl methyl sites for hydroxylation is 10. The molecule has 16 N–H and O–H groups in total. The molecular formula is C70H89Cl2F4N15O2. The predicted molar refractivity (Wildman–Crippen MR) is 374 cm³/mol. The molecule has 5 aromatic carbocycles. The molecule has 5 aromatic heterocycles. The second kappa shape index (κ2) is 46.7. The zero-order valence-electron chi connectivity index (χ0n) is 54.7. The van der Waals surface area contributed by atoms with Crippen molar-refractivity contribution in [1.82, 2.24) is 45.4 Å². The van der Waals surface area contributed by atoms with Crippen LogP contribution in [0.3, 0.4) is 0 Å². The summed E-state index contributed by atoms with van der Waals surface area (Å²) in [5, 5.41) is 10.9. The predicted octanol–water partition coefficient (Wildman–Crippen LogP) is 13.5. The third-order valence-corrected chi connectivity index (χ3v) is 13.0. The molecule has 0 amide bonds. The number of aromatic amines is 3. The second-order valence-electron chi connectivity index (χ2n) is 20.7. The van der Waals surface area contributed by atoms with Gasteiger partial charge in [-0.2, -0.15) is 5.10 Å². The lowest BCUT2D eigenvalue weighted by molar-refractivity contribution is 0.601. The van der Waals surface area contributed by atoms with Crippen molar-refractivity contribution in [2.75, 3.05) is 30.3 Å². The molecule has 0 spiro atoms. The summed E-state index contributed by atoms with van der Waals surface area (Å²) in [5.74, 6) is -0.217. The molecule has 0 bridgehead atoms. The van der Waals surface area contributed by atoms with E-state index in [4.69, 9.17) is 57.6 Å². The molecule has 11 rings (SSSR count). The number of aromatic nitrogens is 8. The Morgan fingerprint density at radius 1 is 0.538 bits per heavy atom. The second-order valence-corrected chi connectivity index (χ2v) is 21.5. The Bertz CT molecular complexity index is 3780. The van der Waals surface area contributed by atoms with Crippen LogP contribution < -0.4 is 51.0 Å². The van der Waals surface area contributed by atoms with E-state index in [9.17, 15) is 27.2 Å². The van der Waals surface area contributed by atoms with Gasteiger partial charge in [-0.05, 0) is 205 Å². The number of hydrogen-bond donors (Lipinski definition) is 10. The summed E-state index contributed by atoms with van der Waals surface area (Å²) in [7, 11) is 0. The van der Waals surface area contributed by atoms with Crippen LogP contribution in [0.4, 0.5) is 34.8 Å². The van der Waals surface area contributed by atoms with Gasteiger partial charge in [0.1, 0.15) is 35.4 Å². The first kappa shape index (κ1) is 81.7. The summed E-state index contributed by atoms with van der Waals surface area (Å²) in [6, 6.07) is 31.1. The Balaban J connectivity index is 0.000000513. The highest BCUT2D eigenvalue weighted by Crippen LogP contribution is 2.19. The van der Waals surface area contributed by atoms with Crippen LogP contribution in [0, 0.1) is 92.5 Å². The van der Waals surface area contributed by atoms with Gasteiger partial charge in [-0.1, -0.05) is 89.4 Å².